The third-order valence-electron chi connectivity index (χ3n) is 4.21. The number of nitrogens with zero attached hydrogens (tertiary/aromatic N) is 1. The van der Waals surface area contributed by atoms with Gasteiger partial charge in [0.1, 0.15) is 5.69 Å². The summed E-state index contributed by atoms with van der Waals surface area (Å²) in [5.41, 5.74) is 2.91. The molecular formula is C20H22N2. The van der Waals surface area contributed by atoms with Gasteiger partial charge in [-0.25, -0.2) is 4.98 Å². The van der Waals surface area contributed by atoms with Gasteiger partial charge in [0.2, 0.25) is 0 Å². The number of hydrogen-bond donors (Lipinski definition) is 1. The zero-order valence-corrected chi connectivity index (χ0v) is 12.9. The molecule has 3 rings (SSSR count). The van der Waals surface area contributed by atoms with Gasteiger partial charge in [-0.3, -0.25) is 0 Å². The number of pyridine rings is 1. The molecule has 2 nitrogen and oxygen atoms in total. The maximum Gasteiger partial charge on any atom is 0.136 e. The van der Waals surface area contributed by atoms with Gasteiger partial charge in [0.05, 0.1) is 5.69 Å². The number of hydrogen-bond acceptors (Lipinski definition) is 2. The van der Waals surface area contributed by atoms with Crippen molar-refractivity contribution in [1.29, 1.82) is 0 Å². The Kier molecular flexibility index (Phi) is 5.10. The van der Waals surface area contributed by atoms with Crippen molar-refractivity contribution in [2.24, 2.45) is 5.92 Å². The molecule has 1 heterocycles. The van der Waals surface area contributed by atoms with Crippen LogP contribution < -0.4 is 5.32 Å². The smallest absolute Gasteiger partial charge is 0.136 e. The zero-order valence-electron chi connectivity index (χ0n) is 12.9. The molecule has 1 aliphatic rings. The fourth-order valence-electron chi connectivity index (χ4n) is 2.95. The fourth-order valence-corrected chi connectivity index (χ4v) is 2.95. The Labute approximate surface area is 133 Å². The van der Waals surface area contributed by atoms with Gasteiger partial charge >= 0.3 is 0 Å². The van der Waals surface area contributed by atoms with Gasteiger partial charge in [-0.05, 0) is 48.9 Å². The largest absolute Gasteiger partial charge is 0.382 e. The summed E-state index contributed by atoms with van der Waals surface area (Å²) in [5, 5.41) is 3.55. The summed E-state index contributed by atoms with van der Waals surface area (Å²) in [4.78, 5) is 4.42. The quantitative estimate of drug-likeness (QED) is 0.843. The second-order valence-electron chi connectivity index (χ2n) is 5.90. The second-order valence-corrected chi connectivity index (χ2v) is 5.90. The van der Waals surface area contributed by atoms with Crippen molar-refractivity contribution in [2.45, 2.75) is 32.1 Å². The van der Waals surface area contributed by atoms with E-state index in [1.54, 1.807) is 6.20 Å². The number of aromatic nitrogens is 1. The van der Waals surface area contributed by atoms with Crippen LogP contribution in [0.4, 0.5) is 5.69 Å². The molecule has 112 valence electrons. The standard InChI is InChI=1S/C20H22N2/c1-3-8-17(9-4-1)13-14-20-19(12-7-15-21-20)22-16-18-10-5-2-6-11-18/h1,3-4,7-9,12,15,18,22H,2,5-6,10-11,16H2. The number of rotatable bonds is 3. The number of nitrogens with one attached hydrogen (secondary N) is 1. The Balaban J connectivity index is 1.68. The molecule has 1 N–H and O–H groups in total. The summed E-state index contributed by atoms with van der Waals surface area (Å²) in [5.74, 6) is 7.18. The van der Waals surface area contributed by atoms with Crippen LogP contribution in [0.15, 0.2) is 48.7 Å². The Hall–Kier alpha value is -2.27. The Bertz CT molecular complexity index is 646. The van der Waals surface area contributed by atoms with Crippen molar-refractivity contribution in [3.8, 4) is 11.8 Å². The predicted molar refractivity (Wildman–Crippen MR) is 91.7 cm³/mol. The third-order valence-corrected chi connectivity index (χ3v) is 4.21. The van der Waals surface area contributed by atoms with E-state index in [2.05, 4.69) is 28.2 Å². The summed E-state index contributed by atoms with van der Waals surface area (Å²) in [7, 11) is 0. The first kappa shape index (κ1) is 14.7. The van der Waals surface area contributed by atoms with Gasteiger partial charge in [-0.2, -0.15) is 0 Å². The lowest BCUT2D eigenvalue weighted by Gasteiger charge is -2.22. The van der Waals surface area contributed by atoms with Crippen LogP contribution in [0.1, 0.15) is 43.4 Å². The molecule has 1 aromatic carbocycles. The monoisotopic (exact) mass is 290 g/mol. The molecule has 1 saturated carbocycles. The van der Waals surface area contributed by atoms with E-state index in [0.717, 1.165) is 29.4 Å². The summed E-state index contributed by atoms with van der Waals surface area (Å²) in [6, 6.07) is 14.1. The van der Waals surface area contributed by atoms with E-state index in [4.69, 9.17) is 0 Å². The minimum Gasteiger partial charge on any atom is -0.382 e. The average Bonchev–Trinajstić information content (AvgIpc) is 2.61. The SMILES string of the molecule is C(#Cc1ncccc1NCC1CCCCC1)c1ccccc1. The molecule has 0 amide bonds. The predicted octanol–water partition coefficient (Wildman–Crippen LogP) is 4.47. The third kappa shape index (κ3) is 4.11. The van der Waals surface area contributed by atoms with Crippen LogP contribution in [0.3, 0.4) is 0 Å². The topological polar surface area (TPSA) is 24.9 Å². The van der Waals surface area contributed by atoms with Crippen LogP contribution in [0, 0.1) is 17.8 Å². The van der Waals surface area contributed by atoms with Gasteiger partial charge in [0.15, 0.2) is 0 Å². The van der Waals surface area contributed by atoms with E-state index < -0.39 is 0 Å². The van der Waals surface area contributed by atoms with E-state index in [0.29, 0.717) is 0 Å². The molecule has 0 atom stereocenters. The Morgan fingerprint density at radius 1 is 0.955 bits per heavy atom. The lowest BCUT2D eigenvalue weighted by molar-refractivity contribution is 0.373. The average molecular weight is 290 g/mol. The van der Waals surface area contributed by atoms with E-state index in [9.17, 15) is 0 Å². The lowest BCUT2D eigenvalue weighted by Crippen LogP contribution is -2.17. The second kappa shape index (κ2) is 7.66. The number of benzene rings is 1. The molecule has 1 aliphatic carbocycles. The first-order chi connectivity index (χ1) is 10.9. The van der Waals surface area contributed by atoms with Gasteiger partial charge in [-0.1, -0.05) is 43.4 Å². The van der Waals surface area contributed by atoms with Crippen molar-refractivity contribution < 1.29 is 0 Å². The molecule has 0 aliphatic heterocycles. The normalized spacial score (nSPS) is 14.9. The summed E-state index contributed by atoms with van der Waals surface area (Å²) in [6.45, 7) is 1.03. The number of anilines is 1. The van der Waals surface area contributed by atoms with E-state index in [-0.39, 0.29) is 0 Å². The first-order valence-corrected chi connectivity index (χ1v) is 8.18. The van der Waals surface area contributed by atoms with Crippen LogP contribution >= 0.6 is 0 Å². The van der Waals surface area contributed by atoms with Crippen LogP contribution in [0.25, 0.3) is 0 Å². The summed E-state index contributed by atoms with van der Waals surface area (Å²) in [6.07, 6.45) is 8.65. The van der Waals surface area contributed by atoms with Gasteiger partial charge in [-0.15, -0.1) is 0 Å². The molecule has 0 saturated heterocycles. The highest BCUT2D eigenvalue weighted by Gasteiger charge is 2.13. The van der Waals surface area contributed by atoms with E-state index in [1.165, 1.54) is 32.1 Å². The molecule has 0 bridgehead atoms. The molecule has 0 radical (unpaired) electrons. The molecular weight excluding hydrogens is 268 g/mol. The van der Waals surface area contributed by atoms with Crippen LogP contribution in [0.2, 0.25) is 0 Å². The molecule has 0 spiro atoms. The first-order valence-electron chi connectivity index (χ1n) is 8.18. The maximum atomic E-state index is 4.42. The summed E-state index contributed by atoms with van der Waals surface area (Å²) < 4.78 is 0. The summed E-state index contributed by atoms with van der Waals surface area (Å²) >= 11 is 0. The van der Waals surface area contributed by atoms with Crippen molar-refractivity contribution >= 4 is 5.69 Å². The van der Waals surface area contributed by atoms with Gasteiger partial charge in [0, 0.05) is 18.3 Å². The molecule has 1 fully saturated rings. The highest BCUT2D eigenvalue weighted by Crippen LogP contribution is 2.24. The van der Waals surface area contributed by atoms with Gasteiger partial charge in [0.25, 0.3) is 0 Å². The molecule has 1 aromatic heterocycles. The molecule has 22 heavy (non-hydrogen) atoms. The minimum atomic E-state index is 0.795. The Morgan fingerprint density at radius 2 is 1.77 bits per heavy atom. The fraction of sp³-hybridized carbons (Fsp3) is 0.350. The van der Waals surface area contributed by atoms with E-state index in [1.807, 2.05) is 36.4 Å². The van der Waals surface area contributed by atoms with Crippen molar-refractivity contribution in [1.82, 2.24) is 4.98 Å². The highest BCUT2D eigenvalue weighted by atomic mass is 14.9. The van der Waals surface area contributed by atoms with Crippen LogP contribution in [0.5, 0.6) is 0 Å². The van der Waals surface area contributed by atoms with Crippen LogP contribution in [-0.4, -0.2) is 11.5 Å². The van der Waals surface area contributed by atoms with Crippen molar-refractivity contribution in [3.05, 3.63) is 59.9 Å². The van der Waals surface area contributed by atoms with E-state index >= 15 is 0 Å². The van der Waals surface area contributed by atoms with Crippen molar-refractivity contribution in [3.63, 3.8) is 0 Å². The zero-order chi connectivity index (χ0) is 15.0. The minimum absolute atomic E-state index is 0.795. The molecule has 2 aromatic rings. The van der Waals surface area contributed by atoms with Crippen molar-refractivity contribution in [2.75, 3.05) is 11.9 Å². The Morgan fingerprint density at radius 3 is 2.59 bits per heavy atom. The molecule has 2 heteroatoms. The van der Waals surface area contributed by atoms with Gasteiger partial charge < -0.3 is 5.32 Å². The highest BCUT2D eigenvalue weighted by molar-refractivity contribution is 5.56. The van der Waals surface area contributed by atoms with Crippen LogP contribution in [-0.2, 0) is 0 Å². The maximum absolute atomic E-state index is 4.42. The molecule has 0 unspecified atom stereocenters. The lowest BCUT2D eigenvalue weighted by atomic mass is 9.89.